The summed E-state index contributed by atoms with van der Waals surface area (Å²) in [6.07, 6.45) is 1.14. The van der Waals surface area contributed by atoms with Crippen LogP contribution in [-0.4, -0.2) is 38.0 Å². The average molecular weight is 360 g/mol. The zero-order valence-electron chi connectivity index (χ0n) is 14.8. The van der Waals surface area contributed by atoms with Crippen molar-refractivity contribution in [3.63, 3.8) is 0 Å². The molecule has 6 heteroatoms. The molecule has 0 unspecified atom stereocenters. The van der Waals surface area contributed by atoms with E-state index >= 15 is 0 Å². The van der Waals surface area contributed by atoms with Crippen LogP contribution in [0.15, 0.2) is 54.6 Å². The van der Waals surface area contributed by atoms with E-state index in [0.29, 0.717) is 6.54 Å². The van der Waals surface area contributed by atoms with Gasteiger partial charge in [-0.1, -0.05) is 42.5 Å². The number of hydrogen-bond acceptors (Lipinski definition) is 3. The largest absolute Gasteiger partial charge is 0.312 e. The molecule has 0 heterocycles. The maximum atomic E-state index is 12.7. The molecule has 0 aliphatic rings. The lowest BCUT2D eigenvalue weighted by atomic mass is 10.1. The number of likely N-dealkylation sites (N-methyl/N-ethyl adjacent to an activating group) is 1. The highest BCUT2D eigenvalue weighted by Gasteiger charge is 2.24. The molecule has 0 spiro atoms. The van der Waals surface area contributed by atoms with Crippen LogP contribution < -0.4 is 4.90 Å². The molecule has 2 aromatic carbocycles. The molecule has 0 aliphatic heterocycles. The number of amides is 1. The minimum Gasteiger partial charge on any atom is -0.312 e. The molecule has 0 fully saturated rings. The van der Waals surface area contributed by atoms with Gasteiger partial charge in [0.2, 0.25) is 15.9 Å². The van der Waals surface area contributed by atoms with Gasteiger partial charge in [-0.3, -0.25) is 4.79 Å². The monoisotopic (exact) mass is 360 g/mol. The summed E-state index contributed by atoms with van der Waals surface area (Å²) >= 11 is 0. The van der Waals surface area contributed by atoms with E-state index in [1.165, 1.54) is 4.31 Å². The molecular weight excluding hydrogens is 336 g/mol. The summed E-state index contributed by atoms with van der Waals surface area (Å²) in [5.41, 5.74) is 2.65. The molecule has 2 aromatic rings. The molecule has 0 N–H and O–H groups in total. The number of aryl methyl sites for hydroxylation is 1. The number of sulfonamides is 1. The second kappa shape index (κ2) is 8.27. The van der Waals surface area contributed by atoms with Gasteiger partial charge in [0.25, 0.3) is 0 Å². The highest BCUT2D eigenvalue weighted by Crippen LogP contribution is 2.16. The van der Waals surface area contributed by atoms with Crippen LogP contribution in [0, 0.1) is 6.92 Å². The van der Waals surface area contributed by atoms with Gasteiger partial charge in [-0.15, -0.1) is 0 Å². The molecule has 5 nitrogen and oxygen atoms in total. The lowest BCUT2D eigenvalue weighted by molar-refractivity contribution is -0.118. The van der Waals surface area contributed by atoms with Gasteiger partial charge in [0, 0.05) is 18.8 Å². The highest BCUT2D eigenvalue weighted by atomic mass is 32.2. The van der Waals surface area contributed by atoms with Crippen molar-refractivity contribution >= 4 is 21.6 Å². The van der Waals surface area contributed by atoms with E-state index in [9.17, 15) is 13.2 Å². The average Bonchev–Trinajstić information content (AvgIpc) is 2.57. The Morgan fingerprint density at radius 3 is 2.16 bits per heavy atom. The minimum absolute atomic E-state index is 0.184. The standard InChI is InChI=1S/C19H24N2O3S/c1-4-21(18-12-6-5-7-13-18)19(22)15-20(25(3,23)24)14-17-11-9-8-10-16(17)2/h5-13H,4,14-15H2,1-3H3. The van der Waals surface area contributed by atoms with E-state index < -0.39 is 10.0 Å². The number of carbonyl (C=O) groups is 1. The molecule has 1 amide bonds. The zero-order valence-corrected chi connectivity index (χ0v) is 15.7. The minimum atomic E-state index is -3.51. The van der Waals surface area contributed by atoms with E-state index in [1.807, 2.05) is 68.4 Å². The molecule has 0 saturated heterocycles. The van der Waals surface area contributed by atoms with Crippen molar-refractivity contribution in [1.82, 2.24) is 4.31 Å². The second-order valence-electron chi connectivity index (χ2n) is 5.93. The van der Waals surface area contributed by atoms with Gasteiger partial charge in [0.15, 0.2) is 0 Å². The summed E-state index contributed by atoms with van der Waals surface area (Å²) in [6.45, 7) is 4.28. The van der Waals surface area contributed by atoms with Gasteiger partial charge < -0.3 is 4.90 Å². The summed E-state index contributed by atoms with van der Waals surface area (Å²) in [6, 6.07) is 16.9. The maximum absolute atomic E-state index is 12.7. The van der Waals surface area contributed by atoms with Crippen LogP contribution in [0.25, 0.3) is 0 Å². The molecular formula is C19H24N2O3S. The summed E-state index contributed by atoms with van der Waals surface area (Å²) in [5, 5.41) is 0. The summed E-state index contributed by atoms with van der Waals surface area (Å²) < 4.78 is 25.6. The number of anilines is 1. The molecule has 25 heavy (non-hydrogen) atoms. The van der Waals surface area contributed by atoms with Crippen LogP contribution in [0.4, 0.5) is 5.69 Å². The van der Waals surface area contributed by atoms with Crippen LogP contribution in [0.2, 0.25) is 0 Å². The summed E-state index contributed by atoms with van der Waals surface area (Å²) in [7, 11) is -3.51. The predicted molar refractivity (Wildman–Crippen MR) is 101 cm³/mol. The van der Waals surface area contributed by atoms with Gasteiger partial charge >= 0.3 is 0 Å². The molecule has 0 atom stereocenters. The number of nitrogens with zero attached hydrogens (tertiary/aromatic N) is 2. The molecule has 134 valence electrons. The maximum Gasteiger partial charge on any atom is 0.242 e. The van der Waals surface area contributed by atoms with Gasteiger partial charge in [0.1, 0.15) is 0 Å². The van der Waals surface area contributed by atoms with E-state index in [0.717, 1.165) is 23.1 Å². The van der Waals surface area contributed by atoms with Crippen LogP contribution in [-0.2, 0) is 21.4 Å². The number of rotatable bonds is 7. The lowest BCUT2D eigenvalue weighted by Gasteiger charge is -2.26. The number of carbonyl (C=O) groups excluding carboxylic acids is 1. The van der Waals surface area contributed by atoms with Crippen molar-refractivity contribution < 1.29 is 13.2 Å². The Labute approximate surface area is 149 Å². The zero-order chi connectivity index (χ0) is 18.4. The fourth-order valence-corrected chi connectivity index (χ4v) is 3.33. The Morgan fingerprint density at radius 1 is 1.00 bits per heavy atom. The van der Waals surface area contributed by atoms with E-state index in [1.54, 1.807) is 4.90 Å². The van der Waals surface area contributed by atoms with Gasteiger partial charge in [0.05, 0.1) is 12.8 Å². The van der Waals surface area contributed by atoms with E-state index in [-0.39, 0.29) is 19.0 Å². The Hall–Kier alpha value is -2.18. The van der Waals surface area contributed by atoms with Crippen molar-refractivity contribution in [3.8, 4) is 0 Å². The van der Waals surface area contributed by atoms with Crippen LogP contribution in [0.1, 0.15) is 18.1 Å². The van der Waals surface area contributed by atoms with Crippen molar-refractivity contribution in [2.24, 2.45) is 0 Å². The second-order valence-corrected chi connectivity index (χ2v) is 7.91. The topological polar surface area (TPSA) is 57.7 Å². The Morgan fingerprint density at radius 2 is 1.60 bits per heavy atom. The molecule has 0 saturated carbocycles. The van der Waals surface area contributed by atoms with E-state index in [4.69, 9.17) is 0 Å². The SMILES string of the molecule is CCN(C(=O)CN(Cc1ccccc1C)S(C)(=O)=O)c1ccccc1. The van der Waals surface area contributed by atoms with Crippen molar-refractivity contribution in [2.75, 3.05) is 24.2 Å². The van der Waals surface area contributed by atoms with Gasteiger partial charge in [-0.05, 0) is 37.1 Å². The Bertz CT molecular complexity index is 820. The fraction of sp³-hybridized carbons (Fsp3) is 0.316. The van der Waals surface area contributed by atoms with E-state index in [2.05, 4.69) is 0 Å². The van der Waals surface area contributed by atoms with Crippen LogP contribution in [0.5, 0.6) is 0 Å². The smallest absolute Gasteiger partial charge is 0.242 e. The lowest BCUT2D eigenvalue weighted by Crippen LogP contribution is -2.42. The van der Waals surface area contributed by atoms with Crippen LogP contribution in [0.3, 0.4) is 0 Å². The number of benzene rings is 2. The summed E-state index contributed by atoms with van der Waals surface area (Å²) in [4.78, 5) is 14.3. The normalized spacial score (nSPS) is 11.5. The Kier molecular flexibility index (Phi) is 6.33. The Balaban J connectivity index is 2.22. The quantitative estimate of drug-likeness (QED) is 0.763. The molecule has 0 aromatic heterocycles. The molecule has 0 bridgehead atoms. The number of para-hydroxylation sites is 1. The first-order valence-corrected chi connectivity index (χ1v) is 10.0. The first kappa shape index (κ1) is 19.1. The molecule has 0 aliphatic carbocycles. The van der Waals surface area contributed by atoms with Crippen molar-refractivity contribution in [3.05, 3.63) is 65.7 Å². The van der Waals surface area contributed by atoms with Crippen LogP contribution >= 0.6 is 0 Å². The number of hydrogen-bond donors (Lipinski definition) is 0. The predicted octanol–water partition coefficient (Wildman–Crippen LogP) is 2.81. The highest BCUT2D eigenvalue weighted by molar-refractivity contribution is 7.88. The van der Waals surface area contributed by atoms with Crippen molar-refractivity contribution in [2.45, 2.75) is 20.4 Å². The van der Waals surface area contributed by atoms with Gasteiger partial charge in [-0.2, -0.15) is 4.31 Å². The first-order chi connectivity index (χ1) is 11.8. The third-order valence-corrected chi connectivity index (χ3v) is 5.27. The first-order valence-electron chi connectivity index (χ1n) is 8.18. The molecule has 2 rings (SSSR count). The third kappa shape index (κ3) is 5.14. The summed E-state index contributed by atoms with van der Waals surface area (Å²) in [5.74, 6) is -0.243. The third-order valence-electron chi connectivity index (χ3n) is 4.07. The van der Waals surface area contributed by atoms with Gasteiger partial charge in [-0.25, -0.2) is 8.42 Å². The van der Waals surface area contributed by atoms with Crippen molar-refractivity contribution in [1.29, 1.82) is 0 Å². The molecule has 0 radical (unpaired) electrons. The fourth-order valence-electron chi connectivity index (χ4n) is 2.61.